The fourth-order valence-electron chi connectivity index (χ4n) is 3.30. The molecule has 0 radical (unpaired) electrons. The highest BCUT2D eigenvalue weighted by atomic mass is 16.2. The summed E-state index contributed by atoms with van der Waals surface area (Å²) in [6.07, 6.45) is 2.63. The molecule has 1 N–H and O–H groups in total. The second-order valence-corrected chi connectivity index (χ2v) is 6.38. The van der Waals surface area contributed by atoms with E-state index in [0.717, 1.165) is 25.2 Å². The first-order valence-electron chi connectivity index (χ1n) is 8.04. The third kappa shape index (κ3) is 3.24. The number of benzene rings is 1. The lowest BCUT2D eigenvalue weighted by molar-refractivity contribution is -0.117. The van der Waals surface area contributed by atoms with Gasteiger partial charge in [0.1, 0.15) is 0 Å². The Bertz CT molecular complexity index is 546. The normalized spacial score (nSPS) is 25.4. The van der Waals surface area contributed by atoms with Gasteiger partial charge in [0.2, 0.25) is 5.91 Å². The van der Waals surface area contributed by atoms with Crippen LogP contribution >= 0.6 is 0 Å². The minimum Gasteiger partial charge on any atom is -0.333 e. The van der Waals surface area contributed by atoms with Gasteiger partial charge in [-0.25, -0.2) is 4.79 Å². The van der Waals surface area contributed by atoms with E-state index in [2.05, 4.69) is 12.2 Å². The van der Waals surface area contributed by atoms with Crippen LogP contribution in [0.4, 0.5) is 10.5 Å². The fourth-order valence-corrected chi connectivity index (χ4v) is 3.30. The van der Waals surface area contributed by atoms with E-state index in [9.17, 15) is 9.59 Å². The number of rotatable bonds is 2. The number of hydrogen-bond donors (Lipinski definition) is 1. The molecule has 5 nitrogen and oxygen atoms in total. The molecular formula is C17H23N3O2. The van der Waals surface area contributed by atoms with Crippen molar-refractivity contribution in [1.82, 2.24) is 10.2 Å². The Morgan fingerprint density at radius 2 is 2.00 bits per heavy atom. The van der Waals surface area contributed by atoms with Gasteiger partial charge in [0, 0.05) is 31.7 Å². The molecule has 3 rings (SSSR count). The van der Waals surface area contributed by atoms with E-state index in [1.165, 1.54) is 6.42 Å². The molecule has 0 saturated carbocycles. The van der Waals surface area contributed by atoms with E-state index < -0.39 is 0 Å². The third-order valence-electron chi connectivity index (χ3n) is 4.46. The van der Waals surface area contributed by atoms with Crippen molar-refractivity contribution in [3.8, 4) is 0 Å². The van der Waals surface area contributed by atoms with Gasteiger partial charge in [0.15, 0.2) is 0 Å². The summed E-state index contributed by atoms with van der Waals surface area (Å²) in [4.78, 5) is 28.1. The number of nitrogens with one attached hydrogen (secondary N) is 1. The highest BCUT2D eigenvalue weighted by molar-refractivity contribution is 5.96. The Morgan fingerprint density at radius 1 is 1.23 bits per heavy atom. The number of likely N-dealkylation sites (tertiary alicyclic amines) is 1. The summed E-state index contributed by atoms with van der Waals surface area (Å²) in [5.74, 6) is 0.633. The highest BCUT2D eigenvalue weighted by Gasteiger charge is 2.32. The van der Waals surface area contributed by atoms with E-state index in [0.29, 0.717) is 18.9 Å². The monoisotopic (exact) mass is 301 g/mol. The van der Waals surface area contributed by atoms with Crippen LogP contribution in [-0.4, -0.2) is 42.5 Å². The molecule has 2 aliphatic rings. The van der Waals surface area contributed by atoms with Crippen LogP contribution < -0.4 is 10.2 Å². The highest BCUT2D eigenvalue weighted by Crippen LogP contribution is 2.21. The summed E-state index contributed by atoms with van der Waals surface area (Å²) >= 11 is 0. The number of anilines is 1. The lowest BCUT2D eigenvalue weighted by atomic mass is 10.0. The first-order valence-corrected chi connectivity index (χ1v) is 8.04. The van der Waals surface area contributed by atoms with Crippen LogP contribution in [0.1, 0.15) is 26.2 Å². The molecule has 2 aliphatic heterocycles. The van der Waals surface area contributed by atoms with Crippen LogP contribution in [0.5, 0.6) is 0 Å². The predicted octanol–water partition coefficient (Wildman–Crippen LogP) is 2.23. The fraction of sp³-hybridized carbons (Fsp3) is 0.529. The second-order valence-electron chi connectivity index (χ2n) is 6.38. The standard InChI is InChI=1S/C17H23N3O2/c1-13-6-5-9-19(11-13)17(22)18-14-10-16(21)20(12-14)15-7-3-2-4-8-15/h2-4,7-8,13-14H,5-6,9-12H2,1H3,(H,18,22)/t13-,14+/m1/s1. The van der Waals surface area contributed by atoms with Crippen molar-refractivity contribution in [1.29, 1.82) is 0 Å². The molecule has 2 saturated heterocycles. The molecule has 22 heavy (non-hydrogen) atoms. The third-order valence-corrected chi connectivity index (χ3v) is 4.46. The molecule has 3 amide bonds. The van der Waals surface area contributed by atoms with Gasteiger partial charge in [-0.05, 0) is 30.9 Å². The number of carbonyl (C=O) groups excluding carboxylic acids is 2. The SMILES string of the molecule is C[C@@H]1CCCN(C(=O)N[C@H]2CC(=O)N(c3ccccc3)C2)C1. The number of para-hydroxylation sites is 1. The van der Waals surface area contributed by atoms with Gasteiger partial charge < -0.3 is 15.1 Å². The van der Waals surface area contributed by atoms with E-state index >= 15 is 0 Å². The van der Waals surface area contributed by atoms with Crippen molar-refractivity contribution in [2.75, 3.05) is 24.5 Å². The molecule has 0 spiro atoms. The van der Waals surface area contributed by atoms with Crippen LogP contribution in [0.15, 0.2) is 30.3 Å². The summed E-state index contributed by atoms with van der Waals surface area (Å²) in [6.45, 7) is 4.36. The lowest BCUT2D eigenvalue weighted by Gasteiger charge is -2.31. The molecule has 118 valence electrons. The van der Waals surface area contributed by atoms with E-state index in [1.54, 1.807) is 4.90 Å². The maximum atomic E-state index is 12.3. The molecule has 0 aliphatic carbocycles. The molecule has 5 heteroatoms. The van der Waals surface area contributed by atoms with Gasteiger partial charge in [-0.1, -0.05) is 25.1 Å². The van der Waals surface area contributed by atoms with Crippen LogP contribution in [0.2, 0.25) is 0 Å². The molecule has 1 aromatic carbocycles. The molecule has 2 fully saturated rings. The largest absolute Gasteiger partial charge is 0.333 e. The molecule has 2 atom stereocenters. The summed E-state index contributed by atoms with van der Waals surface area (Å²) in [7, 11) is 0. The number of nitrogens with zero attached hydrogens (tertiary/aromatic N) is 2. The number of urea groups is 1. The van der Waals surface area contributed by atoms with Crippen molar-refractivity contribution in [2.24, 2.45) is 5.92 Å². The van der Waals surface area contributed by atoms with Gasteiger partial charge in [-0.15, -0.1) is 0 Å². The average molecular weight is 301 g/mol. The Hall–Kier alpha value is -2.04. The van der Waals surface area contributed by atoms with Crippen molar-refractivity contribution in [3.63, 3.8) is 0 Å². The van der Waals surface area contributed by atoms with E-state index in [-0.39, 0.29) is 18.0 Å². The molecule has 2 heterocycles. The van der Waals surface area contributed by atoms with Gasteiger partial charge in [-0.3, -0.25) is 4.79 Å². The smallest absolute Gasteiger partial charge is 0.317 e. The molecule has 0 bridgehead atoms. The second kappa shape index (κ2) is 6.38. The summed E-state index contributed by atoms with van der Waals surface area (Å²) in [6, 6.07) is 9.49. The maximum absolute atomic E-state index is 12.3. The van der Waals surface area contributed by atoms with Gasteiger partial charge >= 0.3 is 6.03 Å². The number of hydrogen-bond acceptors (Lipinski definition) is 2. The minimum atomic E-state index is -0.0996. The molecule has 0 unspecified atom stereocenters. The Kier molecular flexibility index (Phi) is 4.32. The molecule has 0 aromatic heterocycles. The number of piperidine rings is 1. The van der Waals surface area contributed by atoms with Gasteiger partial charge in [0.05, 0.1) is 6.04 Å². The average Bonchev–Trinajstić information content (AvgIpc) is 2.88. The molecular weight excluding hydrogens is 278 g/mol. The maximum Gasteiger partial charge on any atom is 0.317 e. The summed E-state index contributed by atoms with van der Waals surface area (Å²) in [5, 5.41) is 3.02. The quantitative estimate of drug-likeness (QED) is 0.911. The van der Waals surface area contributed by atoms with E-state index in [1.807, 2.05) is 35.2 Å². The van der Waals surface area contributed by atoms with Crippen LogP contribution in [-0.2, 0) is 4.79 Å². The number of amides is 3. The van der Waals surface area contributed by atoms with E-state index in [4.69, 9.17) is 0 Å². The predicted molar refractivity (Wildman–Crippen MR) is 85.7 cm³/mol. The van der Waals surface area contributed by atoms with Crippen molar-refractivity contribution < 1.29 is 9.59 Å². The van der Waals surface area contributed by atoms with Crippen LogP contribution in [0.25, 0.3) is 0 Å². The van der Waals surface area contributed by atoms with Crippen LogP contribution in [0, 0.1) is 5.92 Å². The minimum absolute atomic E-state index is 0.0285. The first-order chi connectivity index (χ1) is 10.6. The first kappa shape index (κ1) is 14.9. The zero-order valence-corrected chi connectivity index (χ0v) is 13.0. The lowest BCUT2D eigenvalue weighted by Crippen LogP contribution is -2.49. The summed E-state index contributed by atoms with van der Waals surface area (Å²) < 4.78 is 0. The Labute approximate surface area is 131 Å². The zero-order valence-electron chi connectivity index (χ0n) is 13.0. The van der Waals surface area contributed by atoms with Crippen LogP contribution in [0.3, 0.4) is 0 Å². The van der Waals surface area contributed by atoms with Gasteiger partial charge in [0.25, 0.3) is 0 Å². The van der Waals surface area contributed by atoms with Crippen molar-refractivity contribution in [2.45, 2.75) is 32.2 Å². The van der Waals surface area contributed by atoms with Gasteiger partial charge in [-0.2, -0.15) is 0 Å². The summed E-state index contributed by atoms with van der Waals surface area (Å²) in [5.41, 5.74) is 0.899. The Balaban J connectivity index is 1.58. The zero-order chi connectivity index (χ0) is 15.5. The molecule has 1 aromatic rings. The number of carbonyl (C=O) groups is 2. The van der Waals surface area contributed by atoms with Crippen molar-refractivity contribution in [3.05, 3.63) is 30.3 Å². The topological polar surface area (TPSA) is 52.7 Å². The Morgan fingerprint density at radius 3 is 2.73 bits per heavy atom. The van der Waals surface area contributed by atoms with Crippen molar-refractivity contribution >= 4 is 17.6 Å².